The molecule has 0 unspecified atom stereocenters. The monoisotopic (exact) mass is 412 g/mol. The van der Waals surface area contributed by atoms with Crippen LogP contribution in [-0.2, 0) is 14.3 Å². The molecule has 0 aliphatic heterocycles. The molecular weight excluding hydrogens is 384 g/mol. The summed E-state index contributed by atoms with van der Waals surface area (Å²) in [6.45, 7) is 1.79. The molecule has 1 atom stereocenters. The molecule has 160 valence electrons. The van der Waals surface area contributed by atoms with Gasteiger partial charge in [-0.3, -0.25) is 14.9 Å². The van der Waals surface area contributed by atoms with E-state index < -0.39 is 10.9 Å². The van der Waals surface area contributed by atoms with E-state index in [1.807, 2.05) is 0 Å². The quantitative estimate of drug-likeness (QED) is 0.317. The van der Waals surface area contributed by atoms with Crippen molar-refractivity contribution in [3.05, 3.63) is 46.0 Å². The van der Waals surface area contributed by atoms with Crippen LogP contribution < -0.4 is 5.32 Å². The molecule has 0 saturated heterocycles. The lowest BCUT2D eigenvalue weighted by atomic mass is 9.48. The van der Waals surface area contributed by atoms with Gasteiger partial charge in [0, 0.05) is 24.3 Å². The molecule has 4 fully saturated rings. The number of nitrogens with zero attached hydrogens (tertiary/aromatic N) is 1. The number of amides is 1. The number of ether oxygens (including phenoxy) is 1. The summed E-state index contributed by atoms with van der Waals surface area (Å²) in [6, 6.07) is 5.91. The average Bonchev–Trinajstić information content (AvgIpc) is 2.70. The van der Waals surface area contributed by atoms with E-state index in [0.29, 0.717) is 5.56 Å². The summed E-state index contributed by atoms with van der Waals surface area (Å²) in [7, 11) is 0. The molecule has 1 aromatic rings. The molecule has 4 aliphatic rings. The Hall–Kier alpha value is -2.70. The lowest BCUT2D eigenvalue weighted by molar-refractivity contribution is -0.384. The Bertz CT molecular complexity index is 826. The van der Waals surface area contributed by atoms with Crippen molar-refractivity contribution in [1.29, 1.82) is 0 Å². The number of benzene rings is 1. The maximum atomic E-state index is 12.4. The van der Waals surface area contributed by atoms with Crippen LogP contribution in [0, 0.1) is 33.3 Å². The predicted molar refractivity (Wildman–Crippen MR) is 111 cm³/mol. The van der Waals surface area contributed by atoms with Gasteiger partial charge in [-0.2, -0.15) is 0 Å². The molecule has 0 heterocycles. The second-order valence-corrected chi connectivity index (χ2v) is 9.36. The maximum absolute atomic E-state index is 12.4. The maximum Gasteiger partial charge on any atom is 0.331 e. The number of carbonyl (C=O) groups excluding carboxylic acids is 2. The highest BCUT2D eigenvalue weighted by atomic mass is 16.6. The first-order chi connectivity index (χ1) is 14.3. The summed E-state index contributed by atoms with van der Waals surface area (Å²) in [6.07, 6.45) is 10.4. The minimum atomic E-state index is -0.619. The van der Waals surface area contributed by atoms with Crippen molar-refractivity contribution in [2.45, 2.75) is 51.5 Å². The minimum absolute atomic E-state index is 0.0143. The predicted octanol–water partition coefficient (Wildman–Crippen LogP) is 3.87. The van der Waals surface area contributed by atoms with E-state index in [1.165, 1.54) is 62.8 Å². The van der Waals surface area contributed by atoms with Crippen LogP contribution in [0.4, 0.5) is 5.69 Å². The van der Waals surface area contributed by atoms with Gasteiger partial charge in [0.15, 0.2) is 6.61 Å². The second kappa shape index (κ2) is 8.20. The fourth-order valence-electron chi connectivity index (χ4n) is 6.20. The van der Waals surface area contributed by atoms with Crippen LogP contribution in [0.15, 0.2) is 30.3 Å². The summed E-state index contributed by atoms with van der Waals surface area (Å²) in [5, 5.41) is 13.7. The zero-order chi connectivity index (χ0) is 21.3. The van der Waals surface area contributed by atoms with Gasteiger partial charge in [0.2, 0.25) is 0 Å². The Morgan fingerprint density at radius 2 is 1.73 bits per heavy atom. The number of nitrogens with one attached hydrogen (secondary N) is 1. The summed E-state index contributed by atoms with van der Waals surface area (Å²) in [4.78, 5) is 34.4. The highest BCUT2D eigenvalue weighted by Crippen LogP contribution is 2.61. The zero-order valence-corrected chi connectivity index (χ0v) is 17.2. The Morgan fingerprint density at radius 1 is 1.17 bits per heavy atom. The SMILES string of the molecule is C[C@H](NC(=O)COC(=O)/C=C/c1ccc([N+](=O)[O-])cc1)C12CC3CC(CC(C3)C1)C2. The fourth-order valence-corrected chi connectivity index (χ4v) is 6.20. The van der Waals surface area contributed by atoms with Gasteiger partial charge in [-0.15, -0.1) is 0 Å². The van der Waals surface area contributed by atoms with E-state index in [4.69, 9.17) is 4.74 Å². The third kappa shape index (κ3) is 4.40. The Morgan fingerprint density at radius 3 is 2.27 bits per heavy atom. The highest BCUT2D eigenvalue weighted by Gasteiger charge is 2.53. The molecule has 7 heteroatoms. The van der Waals surface area contributed by atoms with Crippen LogP contribution in [0.1, 0.15) is 51.0 Å². The molecular formula is C23H28N2O5. The normalized spacial score (nSPS) is 30.2. The Kier molecular flexibility index (Phi) is 5.62. The summed E-state index contributed by atoms with van der Waals surface area (Å²) < 4.78 is 5.06. The average molecular weight is 412 g/mol. The topological polar surface area (TPSA) is 98.5 Å². The van der Waals surface area contributed by atoms with E-state index in [0.717, 1.165) is 17.8 Å². The van der Waals surface area contributed by atoms with Crippen molar-refractivity contribution < 1.29 is 19.2 Å². The first kappa shape index (κ1) is 20.6. The standard InChI is InChI=1S/C23H28N2O5/c1-15(23-11-17-8-18(12-23)10-19(9-17)13-23)24-21(26)14-30-22(27)7-4-16-2-5-20(6-3-16)25(28)29/h2-7,15,17-19H,8-14H2,1H3,(H,24,26)/b7-4+/t15-,17?,18?,19?,23?/m0/s1. The van der Waals surface area contributed by atoms with Gasteiger partial charge in [-0.25, -0.2) is 4.79 Å². The van der Waals surface area contributed by atoms with Gasteiger partial charge < -0.3 is 10.1 Å². The van der Waals surface area contributed by atoms with Gasteiger partial charge in [0.1, 0.15) is 0 Å². The largest absolute Gasteiger partial charge is 0.452 e. The molecule has 1 N–H and O–H groups in total. The zero-order valence-electron chi connectivity index (χ0n) is 17.2. The number of hydrogen-bond acceptors (Lipinski definition) is 5. The van der Waals surface area contributed by atoms with E-state index in [-0.39, 0.29) is 29.7 Å². The van der Waals surface area contributed by atoms with Crippen molar-refractivity contribution in [3.63, 3.8) is 0 Å². The molecule has 7 nitrogen and oxygen atoms in total. The van der Waals surface area contributed by atoms with Crippen LogP contribution in [0.3, 0.4) is 0 Å². The van der Waals surface area contributed by atoms with Gasteiger partial charge >= 0.3 is 5.97 Å². The van der Waals surface area contributed by atoms with Crippen molar-refractivity contribution in [2.24, 2.45) is 23.2 Å². The Labute approximate surface area is 176 Å². The summed E-state index contributed by atoms with van der Waals surface area (Å²) in [5.74, 6) is 1.57. The lowest BCUT2D eigenvalue weighted by Crippen LogP contribution is -2.56. The van der Waals surface area contributed by atoms with E-state index in [2.05, 4.69) is 12.2 Å². The molecule has 1 amide bonds. The third-order valence-electron chi connectivity index (χ3n) is 7.24. The first-order valence-electron chi connectivity index (χ1n) is 10.7. The second-order valence-electron chi connectivity index (χ2n) is 9.36. The highest BCUT2D eigenvalue weighted by molar-refractivity contribution is 5.89. The molecule has 1 aromatic carbocycles. The molecule has 30 heavy (non-hydrogen) atoms. The van der Waals surface area contributed by atoms with Gasteiger partial charge in [-0.05, 0) is 92.4 Å². The van der Waals surface area contributed by atoms with Gasteiger partial charge in [0.05, 0.1) is 4.92 Å². The van der Waals surface area contributed by atoms with Crippen LogP contribution in [-0.4, -0.2) is 29.4 Å². The van der Waals surface area contributed by atoms with Gasteiger partial charge in [0.25, 0.3) is 11.6 Å². The van der Waals surface area contributed by atoms with Crippen LogP contribution >= 0.6 is 0 Å². The number of non-ortho nitro benzene ring substituents is 1. The number of nitro benzene ring substituents is 1. The minimum Gasteiger partial charge on any atom is -0.452 e. The number of rotatable bonds is 7. The number of nitro groups is 1. The van der Waals surface area contributed by atoms with E-state index in [1.54, 1.807) is 12.1 Å². The molecule has 4 aliphatic carbocycles. The fraction of sp³-hybridized carbons (Fsp3) is 0.565. The lowest BCUT2D eigenvalue weighted by Gasteiger charge is -2.59. The molecule has 5 rings (SSSR count). The number of carbonyl (C=O) groups is 2. The van der Waals surface area contributed by atoms with E-state index >= 15 is 0 Å². The van der Waals surface area contributed by atoms with E-state index in [9.17, 15) is 19.7 Å². The molecule has 0 aromatic heterocycles. The molecule has 0 radical (unpaired) electrons. The van der Waals surface area contributed by atoms with Crippen molar-refractivity contribution in [2.75, 3.05) is 6.61 Å². The van der Waals surface area contributed by atoms with Crippen LogP contribution in [0.5, 0.6) is 0 Å². The van der Waals surface area contributed by atoms with Crippen molar-refractivity contribution in [1.82, 2.24) is 5.32 Å². The van der Waals surface area contributed by atoms with Crippen molar-refractivity contribution in [3.8, 4) is 0 Å². The van der Waals surface area contributed by atoms with Crippen LogP contribution in [0.25, 0.3) is 6.08 Å². The van der Waals surface area contributed by atoms with Gasteiger partial charge in [-0.1, -0.05) is 0 Å². The Balaban J connectivity index is 1.24. The molecule has 4 saturated carbocycles. The van der Waals surface area contributed by atoms with Crippen molar-refractivity contribution >= 4 is 23.6 Å². The number of esters is 1. The molecule has 0 spiro atoms. The third-order valence-corrected chi connectivity index (χ3v) is 7.24. The van der Waals surface area contributed by atoms with Crippen LogP contribution in [0.2, 0.25) is 0 Å². The smallest absolute Gasteiger partial charge is 0.331 e. The number of hydrogen-bond donors (Lipinski definition) is 1. The summed E-state index contributed by atoms with van der Waals surface area (Å²) in [5.41, 5.74) is 0.835. The summed E-state index contributed by atoms with van der Waals surface area (Å²) >= 11 is 0. The first-order valence-corrected chi connectivity index (χ1v) is 10.7. The molecule has 4 bridgehead atoms.